The van der Waals surface area contributed by atoms with Crippen LogP contribution >= 0.6 is 0 Å². The quantitative estimate of drug-likeness (QED) is 0.733. The molecule has 0 fully saturated rings. The molecule has 0 aliphatic rings. The van der Waals surface area contributed by atoms with Gasteiger partial charge in [0.25, 0.3) is 5.91 Å². The first-order chi connectivity index (χ1) is 13.2. The van der Waals surface area contributed by atoms with Gasteiger partial charge in [-0.1, -0.05) is 38.5 Å². The number of alkyl halides is 3. The van der Waals surface area contributed by atoms with Crippen molar-refractivity contribution in [3.8, 4) is 5.75 Å². The number of anilines is 1. The minimum Gasteiger partial charge on any atom is -0.406 e. The van der Waals surface area contributed by atoms with E-state index in [9.17, 15) is 22.8 Å². The highest BCUT2D eigenvalue weighted by Gasteiger charge is 2.31. The molecule has 2 aromatic carbocycles. The summed E-state index contributed by atoms with van der Waals surface area (Å²) in [6.07, 6.45) is -4.14. The average molecular weight is 394 g/mol. The van der Waals surface area contributed by atoms with Gasteiger partial charge in [-0.15, -0.1) is 13.2 Å². The largest absolute Gasteiger partial charge is 0.573 e. The molecule has 2 rings (SSSR count). The molecular weight excluding hydrogens is 373 g/mol. The van der Waals surface area contributed by atoms with Crippen molar-refractivity contribution >= 4 is 17.5 Å². The lowest BCUT2D eigenvalue weighted by atomic mass is 9.97. The molecule has 0 unspecified atom stereocenters. The zero-order valence-corrected chi connectivity index (χ0v) is 15.4. The molecule has 0 aromatic heterocycles. The topological polar surface area (TPSA) is 67.4 Å². The van der Waals surface area contributed by atoms with Crippen molar-refractivity contribution in [2.75, 3.05) is 5.32 Å². The number of nitrogens with one attached hydrogen (secondary N) is 2. The Hall–Kier alpha value is -3.03. The van der Waals surface area contributed by atoms with Crippen molar-refractivity contribution in [3.63, 3.8) is 0 Å². The third-order valence-corrected chi connectivity index (χ3v) is 4.17. The van der Waals surface area contributed by atoms with Gasteiger partial charge in [-0.3, -0.25) is 9.59 Å². The summed E-state index contributed by atoms with van der Waals surface area (Å²) in [7, 11) is 0. The summed E-state index contributed by atoms with van der Waals surface area (Å²) in [4.78, 5) is 25.1. The van der Waals surface area contributed by atoms with E-state index in [1.807, 2.05) is 13.8 Å². The fraction of sp³-hybridized carbons (Fsp3) is 0.300. The Labute approximate surface area is 160 Å². The van der Waals surface area contributed by atoms with Crippen molar-refractivity contribution in [1.82, 2.24) is 5.32 Å². The molecule has 0 heterocycles. The SMILES string of the molecule is CC[C@H](C)[C@H](NC(=O)c1ccccc1)C(=O)Nc1ccc(OC(F)(F)F)cc1. The van der Waals surface area contributed by atoms with E-state index in [-0.39, 0.29) is 17.6 Å². The van der Waals surface area contributed by atoms with Crippen molar-refractivity contribution in [2.24, 2.45) is 5.92 Å². The van der Waals surface area contributed by atoms with E-state index < -0.39 is 18.3 Å². The molecule has 2 N–H and O–H groups in total. The van der Waals surface area contributed by atoms with Crippen LogP contribution in [0, 0.1) is 5.92 Å². The van der Waals surface area contributed by atoms with E-state index in [4.69, 9.17) is 0 Å². The summed E-state index contributed by atoms with van der Waals surface area (Å²) in [6, 6.07) is 12.5. The minimum atomic E-state index is -4.78. The second kappa shape index (κ2) is 9.25. The third kappa shape index (κ3) is 6.29. The minimum absolute atomic E-state index is 0.152. The van der Waals surface area contributed by atoms with Crippen molar-refractivity contribution in [3.05, 3.63) is 60.2 Å². The Morgan fingerprint density at radius 2 is 1.64 bits per heavy atom. The summed E-state index contributed by atoms with van der Waals surface area (Å²) < 4.78 is 40.4. The number of benzene rings is 2. The van der Waals surface area contributed by atoms with Crippen LogP contribution in [0.3, 0.4) is 0 Å². The molecule has 5 nitrogen and oxygen atoms in total. The van der Waals surface area contributed by atoms with Gasteiger partial charge in [-0.2, -0.15) is 0 Å². The van der Waals surface area contributed by atoms with Crippen LogP contribution < -0.4 is 15.4 Å². The predicted octanol–water partition coefficient (Wildman–Crippen LogP) is 4.37. The molecule has 0 radical (unpaired) electrons. The predicted molar refractivity (Wildman–Crippen MR) is 98.9 cm³/mol. The lowest BCUT2D eigenvalue weighted by Crippen LogP contribution is -2.47. The monoisotopic (exact) mass is 394 g/mol. The number of rotatable bonds is 7. The van der Waals surface area contributed by atoms with Crippen LogP contribution in [0.25, 0.3) is 0 Å². The third-order valence-electron chi connectivity index (χ3n) is 4.17. The lowest BCUT2D eigenvalue weighted by molar-refractivity contribution is -0.274. The van der Waals surface area contributed by atoms with Crippen LogP contribution in [0.5, 0.6) is 5.75 Å². The number of carbonyl (C=O) groups excluding carboxylic acids is 2. The van der Waals surface area contributed by atoms with E-state index in [0.29, 0.717) is 17.7 Å². The van der Waals surface area contributed by atoms with Crippen LogP contribution in [0.1, 0.15) is 30.6 Å². The first-order valence-electron chi connectivity index (χ1n) is 8.72. The Morgan fingerprint density at radius 3 is 2.18 bits per heavy atom. The number of carbonyl (C=O) groups is 2. The van der Waals surface area contributed by atoms with Gasteiger partial charge in [0.05, 0.1) is 0 Å². The van der Waals surface area contributed by atoms with Gasteiger partial charge in [-0.05, 0) is 42.3 Å². The molecule has 0 aliphatic carbocycles. The normalized spacial score (nSPS) is 13.3. The molecule has 0 aliphatic heterocycles. The summed E-state index contributed by atoms with van der Waals surface area (Å²) in [5, 5.41) is 5.34. The molecular formula is C20H21F3N2O3. The van der Waals surface area contributed by atoms with Crippen molar-refractivity contribution in [1.29, 1.82) is 0 Å². The number of amides is 2. The summed E-state index contributed by atoms with van der Waals surface area (Å²) in [5.74, 6) is -1.38. The van der Waals surface area contributed by atoms with Crippen LogP contribution in [0.2, 0.25) is 0 Å². The van der Waals surface area contributed by atoms with E-state index in [2.05, 4.69) is 15.4 Å². The molecule has 2 aromatic rings. The van der Waals surface area contributed by atoms with Crippen LogP contribution in [-0.4, -0.2) is 24.2 Å². The lowest BCUT2D eigenvalue weighted by Gasteiger charge is -2.23. The molecule has 150 valence electrons. The molecule has 0 bridgehead atoms. The number of ether oxygens (including phenoxy) is 1. The first-order valence-corrected chi connectivity index (χ1v) is 8.72. The zero-order chi connectivity index (χ0) is 20.7. The Balaban J connectivity index is 2.07. The van der Waals surface area contributed by atoms with Crippen LogP contribution in [-0.2, 0) is 4.79 Å². The summed E-state index contributed by atoms with van der Waals surface area (Å²) in [5.41, 5.74) is 0.721. The summed E-state index contributed by atoms with van der Waals surface area (Å²) in [6.45, 7) is 3.72. The van der Waals surface area contributed by atoms with E-state index in [1.54, 1.807) is 30.3 Å². The number of hydrogen-bond donors (Lipinski definition) is 2. The molecule has 0 saturated carbocycles. The molecule has 2 amide bonds. The number of hydrogen-bond acceptors (Lipinski definition) is 3. The van der Waals surface area contributed by atoms with E-state index in [0.717, 1.165) is 12.1 Å². The van der Waals surface area contributed by atoms with Crippen LogP contribution in [0.4, 0.5) is 18.9 Å². The van der Waals surface area contributed by atoms with Gasteiger partial charge < -0.3 is 15.4 Å². The van der Waals surface area contributed by atoms with Crippen molar-refractivity contribution in [2.45, 2.75) is 32.7 Å². The fourth-order valence-corrected chi connectivity index (χ4v) is 2.48. The Kier molecular flexibility index (Phi) is 7.03. The van der Waals surface area contributed by atoms with Gasteiger partial charge in [0.15, 0.2) is 0 Å². The second-order valence-electron chi connectivity index (χ2n) is 6.26. The highest BCUT2D eigenvalue weighted by atomic mass is 19.4. The highest BCUT2D eigenvalue weighted by Crippen LogP contribution is 2.24. The second-order valence-corrected chi connectivity index (χ2v) is 6.26. The maximum absolute atomic E-state index is 12.7. The zero-order valence-electron chi connectivity index (χ0n) is 15.4. The molecule has 0 saturated heterocycles. The maximum Gasteiger partial charge on any atom is 0.573 e. The van der Waals surface area contributed by atoms with Gasteiger partial charge in [0.1, 0.15) is 11.8 Å². The van der Waals surface area contributed by atoms with E-state index >= 15 is 0 Å². The smallest absolute Gasteiger partial charge is 0.406 e. The Bertz CT molecular complexity index is 793. The summed E-state index contributed by atoms with van der Waals surface area (Å²) >= 11 is 0. The van der Waals surface area contributed by atoms with E-state index in [1.165, 1.54) is 12.1 Å². The van der Waals surface area contributed by atoms with Gasteiger partial charge in [0.2, 0.25) is 5.91 Å². The molecule has 8 heteroatoms. The average Bonchev–Trinajstić information content (AvgIpc) is 2.66. The molecule has 2 atom stereocenters. The highest BCUT2D eigenvalue weighted by molar-refractivity contribution is 6.01. The Morgan fingerprint density at radius 1 is 1.04 bits per heavy atom. The fourth-order valence-electron chi connectivity index (χ4n) is 2.48. The van der Waals surface area contributed by atoms with Crippen molar-refractivity contribution < 1.29 is 27.5 Å². The first kappa shape index (κ1) is 21.3. The van der Waals surface area contributed by atoms with Crippen LogP contribution in [0.15, 0.2) is 54.6 Å². The molecule has 28 heavy (non-hydrogen) atoms. The maximum atomic E-state index is 12.7. The standard InChI is InChI=1S/C20H21F3N2O3/c1-3-13(2)17(25-18(26)14-7-5-4-6-8-14)19(27)24-15-9-11-16(12-10-15)28-20(21,22)23/h4-13,17H,3H2,1-2H3,(H,24,27)(H,25,26)/t13-,17-/m0/s1. The van der Waals surface area contributed by atoms with Gasteiger partial charge in [-0.25, -0.2) is 0 Å². The number of halogens is 3. The van der Waals surface area contributed by atoms with Gasteiger partial charge >= 0.3 is 6.36 Å². The van der Waals surface area contributed by atoms with Gasteiger partial charge in [0, 0.05) is 11.3 Å². The molecule has 0 spiro atoms.